The first-order chi connectivity index (χ1) is 9.93. The van der Waals surface area contributed by atoms with Crippen LogP contribution in [0.25, 0.3) is 0 Å². The summed E-state index contributed by atoms with van der Waals surface area (Å²) in [7, 11) is 0. The molecule has 1 aromatic carbocycles. The topological polar surface area (TPSA) is 66.4 Å². The predicted molar refractivity (Wildman–Crippen MR) is 80.9 cm³/mol. The lowest BCUT2D eigenvalue weighted by Gasteiger charge is -2.24. The number of rotatable bonds is 5. The lowest BCUT2D eigenvalue weighted by Crippen LogP contribution is -2.36. The van der Waals surface area contributed by atoms with Crippen molar-refractivity contribution in [3.05, 3.63) is 35.4 Å². The van der Waals surface area contributed by atoms with Crippen molar-refractivity contribution in [2.45, 2.75) is 52.0 Å². The summed E-state index contributed by atoms with van der Waals surface area (Å²) >= 11 is 0. The van der Waals surface area contributed by atoms with Gasteiger partial charge in [0.2, 0.25) is 5.91 Å². The van der Waals surface area contributed by atoms with Gasteiger partial charge in [-0.1, -0.05) is 42.7 Å². The van der Waals surface area contributed by atoms with Crippen molar-refractivity contribution in [3.8, 4) is 0 Å². The van der Waals surface area contributed by atoms with Crippen molar-refractivity contribution >= 4 is 11.9 Å². The lowest BCUT2D eigenvalue weighted by molar-refractivity contribution is -0.151. The SMILES string of the molecule is Cc1cccc([C@@H](C)NC(=O)CC2(C(=O)O)CCCC2)c1. The van der Waals surface area contributed by atoms with Crippen molar-refractivity contribution in [2.75, 3.05) is 0 Å². The Labute approximate surface area is 125 Å². The third kappa shape index (κ3) is 3.63. The maximum absolute atomic E-state index is 12.2. The number of carbonyl (C=O) groups is 2. The highest BCUT2D eigenvalue weighted by atomic mass is 16.4. The van der Waals surface area contributed by atoms with Crippen molar-refractivity contribution < 1.29 is 14.7 Å². The number of hydrogen-bond acceptors (Lipinski definition) is 2. The molecule has 0 aliphatic heterocycles. The Morgan fingerprint density at radius 1 is 1.33 bits per heavy atom. The van der Waals surface area contributed by atoms with Gasteiger partial charge in [-0.05, 0) is 32.3 Å². The molecule has 2 rings (SSSR count). The summed E-state index contributed by atoms with van der Waals surface area (Å²) in [6, 6.07) is 7.87. The monoisotopic (exact) mass is 289 g/mol. The van der Waals surface area contributed by atoms with Crippen LogP contribution in [0.4, 0.5) is 0 Å². The summed E-state index contributed by atoms with van der Waals surface area (Å²) in [5.74, 6) is -1.01. The zero-order valence-corrected chi connectivity index (χ0v) is 12.7. The summed E-state index contributed by atoms with van der Waals surface area (Å²) in [6.07, 6.45) is 3.08. The minimum Gasteiger partial charge on any atom is -0.481 e. The molecule has 4 heteroatoms. The van der Waals surface area contributed by atoms with E-state index in [0.29, 0.717) is 12.8 Å². The molecule has 0 radical (unpaired) electrons. The van der Waals surface area contributed by atoms with Crippen LogP contribution in [-0.4, -0.2) is 17.0 Å². The molecule has 0 unspecified atom stereocenters. The van der Waals surface area contributed by atoms with Gasteiger partial charge in [0.1, 0.15) is 0 Å². The van der Waals surface area contributed by atoms with Gasteiger partial charge in [-0.3, -0.25) is 9.59 Å². The second-order valence-electron chi connectivity index (χ2n) is 6.17. The van der Waals surface area contributed by atoms with Crippen LogP contribution in [0.15, 0.2) is 24.3 Å². The van der Waals surface area contributed by atoms with Gasteiger partial charge in [-0.2, -0.15) is 0 Å². The maximum atomic E-state index is 12.2. The molecule has 0 aromatic heterocycles. The second kappa shape index (κ2) is 6.29. The van der Waals surface area contributed by atoms with Gasteiger partial charge in [-0.15, -0.1) is 0 Å². The van der Waals surface area contributed by atoms with Gasteiger partial charge in [0, 0.05) is 6.42 Å². The average molecular weight is 289 g/mol. The molecular weight excluding hydrogens is 266 g/mol. The zero-order chi connectivity index (χ0) is 15.5. The number of nitrogens with one attached hydrogen (secondary N) is 1. The fraction of sp³-hybridized carbons (Fsp3) is 0.529. The maximum Gasteiger partial charge on any atom is 0.310 e. The molecule has 0 bridgehead atoms. The number of carboxylic acid groups (broad SMARTS) is 1. The van der Waals surface area contributed by atoms with E-state index in [1.165, 1.54) is 0 Å². The molecular formula is C17H23NO3. The Balaban J connectivity index is 1.99. The van der Waals surface area contributed by atoms with E-state index in [-0.39, 0.29) is 18.4 Å². The first-order valence-electron chi connectivity index (χ1n) is 7.52. The van der Waals surface area contributed by atoms with Crippen LogP contribution in [0.1, 0.15) is 56.2 Å². The van der Waals surface area contributed by atoms with E-state index in [4.69, 9.17) is 0 Å². The second-order valence-corrected chi connectivity index (χ2v) is 6.17. The molecule has 4 nitrogen and oxygen atoms in total. The summed E-state index contributed by atoms with van der Waals surface area (Å²) < 4.78 is 0. The molecule has 114 valence electrons. The highest BCUT2D eigenvalue weighted by Gasteiger charge is 2.43. The Bertz CT molecular complexity index is 533. The Morgan fingerprint density at radius 3 is 2.57 bits per heavy atom. The molecule has 1 amide bonds. The molecule has 21 heavy (non-hydrogen) atoms. The standard InChI is InChI=1S/C17H23NO3/c1-12-6-5-7-14(10-12)13(2)18-15(19)11-17(16(20)21)8-3-4-9-17/h5-7,10,13H,3-4,8-9,11H2,1-2H3,(H,18,19)(H,20,21)/t13-/m1/s1. The number of aryl methyl sites for hydroxylation is 1. The van der Waals surface area contributed by atoms with E-state index in [0.717, 1.165) is 24.0 Å². The average Bonchev–Trinajstić information content (AvgIpc) is 2.88. The van der Waals surface area contributed by atoms with Crippen molar-refractivity contribution in [2.24, 2.45) is 5.41 Å². The van der Waals surface area contributed by atoms with E-state index in [2.05, 4.69) is 5.32 Å². The molecule has 2 N–H and O–H groups in total. The van der Waals surface area contributed by atoms with E-state index >= 15 is 0 Å². The van der Waals surface area contributed by atoms with E-state index in [1.807, 2.05) is 38.1 Å². The Morgan fingerprint density at radius 2 is 2.00 bits per heavy atom. The molecule has 1 saturated carbocycles. The van der Waals surface area contributed by atoms with Crippen LogP contribution in [0.5, 0.6) is 0 Å². The molecule has 0 saturated heterocycles. The molecule has 1 aromatic rings. The number of carboxylic acids is 1. The predicted octanol–water partition coefficient (Wildman–Crippen LogP) is 3.21. The van der Waals surface area contributed by atoms with Gasteiger partial charge in [0.15, 0.2) is 0 Å². The zero-order valence-electron chi connectivity index (χ0n) is 12.7. The van der Waals surface area contributed by atoms with Gasteiger partial charge >= 0.3 is 5.97 Å². The molecule has 1 atom stereocenters. The summed E-state index contributed by atoms with van der Waals surface area (Å²) in [5.41, 5.74) is 1.33. The van der Waals surface area contributed by atoms with Gasteiger partial charge < -0.3 is 10.4 Å². The van der Waals surface area contributed by atoms with Crippen LogP contribution in [-0.2, 0) is 9.59 Å². The van der Waals surface area contributed by atoms with E-state index in [1.54, 1.807) is 0 Å². The normalized spacial score (nSPS) is 18.2. The van der Waals surface area contributed by atoms with Gasteiger partial charge in [0.05, 0.1) is 11.5 Å². The number of carbonyl (C=O) groups excluding carboxylic acids is 1. The highest BCUT2D eigenvalue weighted by Crippen LogP contribution is 2.41. The minimum atomic E-state index is -0.851. The van der Waals surface area contributed by atoms with Crippen molar-refractivity contribution in [1.82, 2.24) is 5.32 Å². The fourth-order valence-electron chi connectivity index (χ4n) is 3.14. The third-order valence-corrected chi connectivity index (χ3v) is 4.43. The number of benzene rings is 1. The van der Waals surface area contributed by atoms with E-state index < -0.39 is 11.4 Å². The minimum absolute atomic E-state index is 0.0818. The summed E-state index contributed by atoms with van der Waals surface area (Å²) in [4.78, 5) is 23.7. The number of amides is 1. The molecule has 0 spiro atoms. The Kier molecular flexibility index (Phi) is 4.66. The number of hydrogen-bond donors (Lipinski definition) is 2. The Hall–Kier alpha value is -1.84. The van der Waals surface area contributed by atoms with Gasteiger partial charge in [0.25, 0.3) is 0 Å². The highest BCUT2D eigenvalue weighted by molar-refractivity contribution is 5.85. The molecule has 1 fully saturated rings. The quantitative estimate of drug-likeness (QED) is 0.874. The van der Waals surface area contributed by atoms with Crippen LogP contribution >= 0.6 is 0 Å². The third-order valence-electron chi connectivity index (χ3n) is 4.43. The first-order valence-corrected chi connectivity index (χ1v) is 7.52. The first kappa shape index (κ1) is 15.5. The van der Waals surface area contributed by atoms with Crippen molar-refractivity contribution in [3.63, 3.8) is 0 Å². The number of aliphatic carboxylic acids is 1. The summed E-state index contributed by atoms with van der Waals surface area (Å²) in [6.45, 7) is 3.94. The summed E-state index contributed by atoms with van der Waals surface area (Å²) in [5, 5.41) is 12.3. The molecule has 1 aliphatic rings. The van der Waals surface area contributed by atoms with E-state index in [9.17, 15) is 14.7 Å². The fourth-order valence-corrected chi connectivity index (χ4v) is 3.14. The largest absolute Gasteiger partial charge is 0.481 e. The van der Waals surface area contributed by atoms with Crippen molar-refractivity contribution in [1.29, 1.82) is 0 Å². The van der Waals surface area contributed by atoms with Crippen LogP contribution in [0.3, 0.4) is 0 Å². The van der Waals surface area contributed by atoms with Crippen LogP contribution in [0.2, 0.25) is 0 Å². The van der Waals surface area contributed by atoms with Gasteiger partial charge in [-0.25, -0.2) is 0 Å². The van der Waals surface area contributed by atoms with Crippen LogP contribution in [0, 0.1) is 12.3 Å². The lowest BCUT2D eigenvalue weighted by atomic mass is 9.82. The molecule has 1 aliphatic carbocycles. The molecule has 0 heterocycles. The smallest absolute Gasteiger partial charge is 0.310 e. The van der Waals surface area contributed by atoms with Crippen LogP contribution < -0.4 is 5.32 Å².